The van der Waals surface area contributed by atoms with Gasteiger partial charge in [0.15, 0.2) is 10.6 Å². The molecule has 0 saturated heterocycles. The van der Waals surface area contributed by atoms with Gasteiger partial charge in [-0.05, 0) is 31.2 Å². The van der Waals surface area contributed by atoms with E-state index in [1.165, 1.54) is 11.3 Å². The number of methoxy groups -OCH3 is 1. The highest BCUT2D eigenvalue weighted by atomic mass is 32.1. The molecule has 1 heterocycles. The highest BCUT2D eigenvalue weighted by molar-refractivity contribution is 7.16. The number of fused-ring (bicyclic) bond motifs is 1. The summed E-state index contributed by atoms with van der Waals surface area (Å²) in [4.78, 5) is 30.3. The third-order valence-corrected chi connectivity index (χ3v) is 5.87. The molecule has 0 atom stereocenters. The molecule has 4 rings (SSSR count). The molecule has 0 bridgehead atoms. The number of thiazole rings is 1. The zero-order valence-corrected chi connectivity index (χ0v) is 17.5. The van der Waals surface area contributed by atoms with Crippen LogP contribution >= 0.6 is 11.3 Å². The van der Waals surface area contributed by atoms with E-state index in [9.17, 15) is 9.59 Å². The summed E-state index contributed by atoms with van der Waals surface area (Å²) < 4.78 is 8.45. The summed E-state index contributed by atoms with van der Waals surface area (Å²) in [5.74, 6) is 0.330. The van der Waals surface area contributed by atoms with Crippen LogP contribution in [0.2, 0.25) is 0 Å². The first kappa shape index (κ1) is 19.8. The van der Waals surface area contributed by atoms with Crippen LogP contribution in [0.3, 0.4) is 0 Å². The van der Waals surface area contributed by atoms with Gasteiger partial charge in [0.1, 0.15) is 11.3 Å². The molecule has 1 amide bonds. The van der Waals surface area contributed by atoms with Crippen molar-refractivity contribution in [3.05, 3.63) is 94.3 Å². The molecule has 0 N–H and O–H groups in total. The van der Waals surface area contributed by atoms with Gasteiger partial charge in [-0.1, -0.05) is 59.9 Å². The summed E-state index contributed by atoms with van der Waals surface area (Å²) in [7, 11) is 1.63. The molecule has 0 aliphatic heterocycles. The van der Waals surface area contributed by atoms with Gasteiger partial charge in [0.05, 0.1) is 11.8 Å². The highest BCUT2D eigenvalue weighted by Crippen LogP contribution is 2.27. The Morgan fingerprint density at radius 2 is 1.57 bits per heavy atom. The van der Waals surface area contributed by atoms with Crippen molar-refractivity contribution >= 4 is 33.2 Å². The molecule has 0 unspecified atom stereocenters. The minimum atomic E-state index is -0.346. The van der Waals surface area contributed by atoms with Gasteiger partial charge in [-0.15, -0.1) is 0 Å². The van der Waals surface area contributed by atoms with Crippen LogP contribution in [0.1, 0.15) is 33.2 Å². The lowest BCUT2D eigenvalue weighted by Crippen LogP contribution is -2.16. The molecule has 30 heavy (non-hydrogen) atoms. The van der Waals surface area contributed by atoms with Crippen molar-refractivity contribution in [1.82, 2.24) is 4.57 Å². The number of nitrogens with zero attached hydrogens (tertiary/aromatic N) is 2. The number of ketones is 1. The SMILES string of the molecule is CCn1c(=NC(=O)c2ccc(C(=O)c3ccccc3)cc2)sc2cccc(OC)c21. The third-order valence-electron chi connectivity index (χ3n) is 4.83. The van der Waals surface area contributed by atoms with E-state index < -0.39 is 0 Å². The Labute approximate surface area is 177 Å². The van der Waals surface area contributed by atoms with E-state index in [4.69, 9.17) is 4.74 Å². The Bertz CT molecular complexity index is 1290. The zero-order valence-electron chi connectivity index (χ0n) is 16.7. The normalized spacial score (nSPS) is 11.6. The fraction of sp³-hybridized carbons (Fsp3) is 0.125. The highest BCUT2D eigenvalue weighted by Gasteiger charge is 2.13. The first-order valence-corrected chi connectivity index (χ1v) is 10.4. The first-order chi connectivity index (χ1) is 14.6. The quantitative estimate of drug-likeness (QED) is 0.443. The van der Waals surface area contributed by atoms with E-state index in [1.807, 2.05) is 47.9 Å². The predicted octanol–water partition coefficient (Wildman–Crippen LogP) is 4.70. The average molecular weight is 417 g/mol. The number of hydrogen-bond acceptors (Lipinski definition) is 4. The van der Waals surface area contributed by atoms with Crippen molar-refractivity contribution in [3.63, 3.8) is 0 Å². The van der Waals surface area contributed by atoms with Crippen molar-refractivity contribution in [1.29, 1.82) is 0 Å². The van der Waals surface area contributed by atoms with Gasteiger partial charge < -0.3 is 9.30 Å². The smallest absolute Gasteiger partial charge is 0.279 e. The van der Waals surface area contributed by atoms with Crippen LogP contribution in [-0.4, -0.2) is 23.4 Å². The fourth-order valence-electron chi connectivity index (χ4n) is 3.31. The molecule has 150 valence electrons. The van der Waals surface area contributed by atoms with Gasteiger partial charge in [-0.2, -0.15) is 4.99 Å². The van der Waals surface area contributed by atoms with E-state index in [0.29, 0.717) is 28.0 Å². The minimum absolute atomic E-state index is 0.0769. The lowest BCUT2D eigenvalue weighted by Gasteiger charge is -2.05. The molecular weight excluding hydrogens is 396 g/mol. The Morgan fingerprint density at radius 3 is 2.23 bits per heavy atom. The maximum absolute atomic E-state index is 12.8. The largest absolute Gasteiger partial charge is 0.495 e. The fourth-order valence-corrected chi connectivity index (χ4v) is 4.42. The summed E-state index contributed by atoms with van der Waals surface area (Å²) in [5.41, 5.74) is 2.52. The molecule has 0 aliphatic rings. The Kier molecular flexibility index (Phi) is 5.59. The van der Waals surface area contributed by atoms with Gasteiger partial charge in [0.2, 0.25) is 0 Å². The number of carbonyl (C=O) groups is 2. The third kappa shape index (κ3) is 3.69. The molecule has 6 heteroatoms. The standard InChI is InChI=1S/C24H20N2O3S/c1-3-26-21-19(29-2)10-7-11-20(21)30-24(26)25-23(28)18-14-12-17(13-15-18)22(27)16-8-5-4-6-9-16/h4-15H,3H2,1-2H3. The number of carbonyl (C=O) groups excluding carboxylic acids is 2. The lowest BCUT2D eigenvalue weighted by atomic mass is 10.0. The number of amides is 1. The van der Waals surface area contributed by atoms with Crippen molar-refractivity contribution in [3.8, 4) is 5.75 Å². The molecule has 5 nitrogen and oxygen atoms in total. The topological polar surface area (TPSA) is 60.7 Å². The number of para-hydroxylation sites is 1. The minimum Gasteiger partial charge on any atom is -0.495 e. The van der Waals surface area contributed by atoms with Crippen molar-refractivity contribution in [2.24, 2.45) is 4.99 Å². The van der Waals surface area contributed by atoms with Crippen molar-refractivity contribution < 1.29 is 14.3 Å². The summed E-state index contributed by atoms with van der Waals surface area (Å²) in [5, 5.41) is 0. The second kappa shape index (κ2) is 8.47. The van der Waals surface area contributed by atoms with E-state index >= 15 is 0 Å². The lowest BCUT2D eigenvalue weighted by molar-refractivity contribution is 0.0994. The van der Waals surface area contributed by atoms with Gasteiger partial charge in [-0.25, -0.2) is 0 Å². The van der Waals surface area contributed by atoms with Crippen LogP contribution < -0.4 is 9.54 Å². The number of aromatic nitrogens is 1. The molecule has 3 aromatic carbocycles. The Hall–Kier alpha value is -3.51. The van der Waals surface area contributed by atoms with E-state index in [0.717, 1.165) is 16.0 Å². The first-order valence-electron chi connectivity index (χ1n) is 9.57. The van der Waals surface area contributed by atoms with Gasteiger partial charge in [0, 0.05) is 23.2 Å². The molecular formula is C24H20N2O3S. The van der Waals surface area contributed by atoms with Crippen LogP contribution in [0, 0.1) is 0 Å². The number of aryl methyl sites for hydroxylation is 1. The molecule has 0 radical (unpaired) electrons. The number of benzene rings is 3. The summed E-state index contributed by atoms with van der Waals surface area (Å²) in [6.45, 7) is 2.67. The molecule has 0 aliphatic carbocycles. The zero-order chi connectivity index (χ0) is 21.1. The number of hydrogen-bond donors (Lipinski definition) is 0. The van der Waals surface area contributed by atoms with Crippen LogP contribution in [0.5, 0.6) is 5.75 Å². The molecule has 0 saturated carbocycles. The molecule has 0 fully saturated rings. The number of rotatable bonds is 5. The van der Waals surface area contributed by atoms with Crippen LogP contribution in [0.25, 0.3) is 10.2 Å². The van der Waals surface area contributed by atoms with Crippen molar-refractivity contribution in [2.45, 2.75) is 13.5 Å². The van der Waals surface area contributed by atoms with Gasteiger partial charge in [-0.3, -0.25) is 9.59 Å². The second-order valence-electron chi connectivity index (χ2n) is 6.63. The van der Waals surface area contributed by atoms with Gasteiger partial charge in [0.25, 0.3) is 5.91 Å². The Morgan fingerprint density at radius 1 is 0.900 bits per heavy atom. The maximum Gasteiger partial charge on any atom is 0.279 e. The average Bonchev–Trinajstić information content (AvgIpc) is 3.16. The van der Waals surface area contributed by atoms with Crippen LogP contribution in [-0.2, 0) is 6.54 Å². The van der Waals surface area contributed by atoms with Crippen LogP contribution in [0.4, 0.5) is 0 Å². The van der Waals surface area contributed by atoms with Crippen molar-refractivity contribution in [2.75, 3.05) is 7.11 Å². The summed E-state index contributed by atoms with van der Waals surface area (Å²) >= 11 is 1.45. The number of ether oxygens (including phenoxy) is 1. The van der Waals surface area contributed by atoms with E-state index in [2.05, 4.69) is 4.99 Å². The monoisotopic (exact) mass is 416 g/mol. The molecule has 4 aromatic rings. The van der Waals surface area contributed by atoms with E-state index in [-0.39, 0.29) is 11.7 Å². The molecule has 1 aromatic heterocycles. The molecule has 0 spiro atoms. The summed E-state index contributed by atoms with van der Waals surface area (Å²) in [6.07, 6.45) is 0. The van der Waals surface area contributed by atoms with Gasteiger partial charge >= 0.3 is 0 Å². The van der Waals surface area contributed by atoms with Crippen LogP contribution in [0.15, 0.2) is 77.8 Å². The predicted molar refractivity (Wildman–Crippen MR) is 118 cm³/mol. The Balaban J connectivity index is 1.67. The maximum atomic E-state index is 12.8. The summed E-state index contributed by atoms with van der Waals surface area (Å²) in [6, 6.07) is 21.5. The van der Waals surface area contributed by atoms with E-state index in [1.54, 1.807) is 43.5 Å². The second-order valence-corrected chi connectivity index (χ2v) is 7.63.